The van der Waals surface area contributed by atoms with E-state index < -0.39 is 6.09 Å². The largest absolute Gasteiger partial charge is 0.465 e. The first-order chi connectivity index (χ1) is 10.2. The van der Waals surface area contributed by atoms with E-state index in [0.29, 0.717) is 24.7 Å². The Balaban J connectivity index is 1.78. The normalized spacial score (nSPS) is 14.1. The van der Waals surface area contributed by atoms with Crippen molar-refractivity contribution in [3.05, 3.63) is 36.2 Å². The smallest absolute Gasteiger partial charge is 0.404 e. The van der Waals surface area contributed by atoms with Crippen molar-refractivity contribution < 1.29 is 9.90 Å². The lowest BCUT2D eigenvalue weighted by molar-refractivity contribution is 0.194. The van der Waals surface area contributed by atoms with E-state index in [0.717, 1.165) is 17.9 Å². The number of carboxylic acid groups (broad SMARTS) is 1. The van der Waals surface area contributed by atoms with Crippen LogP contribution in [0.1, 0.15) is 18.7 Å². The van der Waals surface area contributed by atoms with Crippen LogP contribution in [0.15, 0.2) is 30.3 Å². The topological polar surface area (TPSA) is 80.0 Å². The van der Waals surface area contributed by atoms with Crippen molar-refractivity contribution in [3.8, 4) is 11.4 Å². The fourth-order valence-electron chi connectivity index (χ4n) is 2.24. The maximum atomic E-state index is 10.5. The minimum atomic E-state index is -1.01. The third-order valence-corrected chi connectivity index (χ3v) is 3.53. The van der Waals surface area contributed by atoms with Gasteiger partial charge in [-0.2, -0.15) is 5.10 Å². The Morgan fingerprint density at radius 2 is 2.10 bits per heavy atom. The van der Waals surface area contributed by atoms with Gasteiger partial charge in [-0.05, 0) is 18.8 Å². The number of aromatic nitrogens is 3. The monoisotopic (exact) mass is 286 g/mol. The van der Waals surface area contributed by atoms with Gasteiger partial charge in [-0.25, -0.2) is 14.5 Å². The molecule has 6 nitrogen and oxygen atoms in total. The van der Waals surface area contributed by atoms with E-state index in [9.17, 15) is 4.79 Å². The molecule has 1 saturated carbocycles. The Morgan fingerprint density at radius 1 is 1.33 bits per heavy atom. The second-order valence-corrected chi connectivity index (χ2v) is 5.33. The minimum Gasteiger partial charge on any atom is -0.465 e. The molecule has 2 aromatic rings. The van der Waals surface area contributed by atoms with Crippen molar-refractivity contribution in [1.29, 1.82) is 0 Å². The van der Waals surface area contributed by atoms with Crippen LogP contribution in [0.4, 0.5) is 4.79 Å². The van der Waals surface area contributed by atoms with E-state index >= 15 is 0 Å². The van der Waals surface area contributed by atoms with Crippen LogP contribution < -0.4 is 5.32 Å². The Bertz CT molecular complexity index is 620. The second kappa shape index (κ2) is 5.95. The van der Waals surface area contributed by atoms with Gasteiger partial charge in [0, 0.05) is 25.1 Å². The maximum Gasteiger partial charge on any atom is 0.404 e. The average Bonchev–Trinajstić information content (AvgIpc) is 3.20. The number of benzene rings is 1. The minimum absolute atomic E-state index is 0.354. The number of hydrogen-bond donors (Lipinski definition) is 2. The van der Waals surface area contributed by atoms with Crippen LogP contribution >= 0.6 is 0 Å². The van der Waals surface area contributed by atoms with Crippen molar-refractivity contribution in [2.75, 3.05) is 6.54 Å². The Kier molecular flexibility index (Phi) is 3.85. The number of nitrogens with zero attached hydrogens (tertiary/aromatic N) is 3. The van der Waals surface area contributed by atoms with E-state index in [1.165, 1.54) is 12.8 Å². The van der Waals surface area contributed by atoms with E-state index in [2.05, 4.69) is 15.4 Å². The first-order valence-electron chi connectivity index (χ1n) is 7.18. The van der Waals surface area contributed by atoms with Crippen LogP contribution in [0.25, 0.3) is 11.4 Å². The molecule has 1 fully saturated rings. The molecule has 0 saturated heterocycles. The predicted octanol–water partition coefficient (Wildman–Crippen LogP) is 2.17. The van der Waals surface area contributed by atoms with E-state index in [1.54, 1.807) is 0 Å². The zero-order valence-electron chi connectivity index (χ0n) is 11.7. The summed E-state index contributed by atoms with van der Waals surface area (Å²) >= 11 is 0. The van der Waals surface area contributed by atoms with Crippen molar-refractivity contribution >= 4 is 6.09 Å². The van der Waals surface area contributed by atoms with Gasteiger partial charge in [-0.3, -0.25) is 0 Å². The molecule has 0 radical (unpaired) electrons. The van der Waals surface area contributed by atoms with Gasteiger partial charge in [0.2, 0.25) is 0 Å². The van der Waals surface area contributed by atoms with Crippen molar-refractivity contribution in [1.82, 2.24) is 20.1 Å². The second-order valence-electron chi connectivity index (χ2n) is 5.33. The van der Waals surface area contributed by atoms with Crippen molar-refractivity contribution in [3.63, 3.8) is 0 Å². The summed E-state index contributed by atoms with van der Waals surface area (Å²) in [6.07, 6.45) is 2.03. The molecule has 0 atom stereocenters. The van der Waals surface area contributed by atoms with Crippen LogP contribution in [0, 0.1) is 5.92 Å². The zero-order valence-corrected chi connectivity index (χ0v) is 11.7. The molecule has 110 valence electrons. The molecule has 1 aromatic carbocycles. The maximum absolute atomic E-state index is 10.5. The molecule has 2 N–H and O–H groups in total. The van der Waals surface area contributed by atoms with Gasteiger partial charge >= 0.3 is 6.09 Å². The van der Waals surface area contributed by atoms with Crippen molar-refractivity contribution in [2.24, 2.45) is 5.92 Å². The molecule has 21 heavy (non-hydrogen) atoms. The number of rotatable bonds is 6. The lowest BCUT2D eigenvalue weighted by Gasteiger charge is -2.04. The van der Waals surface area contributed by atoms with Gasteiger partial charge in [0.25, 0.3) is 0 Å². The molecule has 6 heteroatoms. The molecule has 1 heterocycles. The van der Waals surface area contributed by atoms with Crippen LogP contribution in [0.2, 0.25) is 0 Å². The first kappa shape index (κ1) is 13.6. The summed E-state index contributed by atoms with van der Waals surface area (Å²) in [4.78, 5) is 15.1. The third kappa shape index (κ3) is 3.59. The molecular weight excluding hydrogens is 268 g/mol. The molecule has 1 aliphatic carbocycles. The highest BCUT2D eigenvalue weighted by Gasteiger charge is 2.24. The summed E-state index contributed by atoms with van der Waals surface area (Å²) in [5.74, 6) is 2.25. The molecule has 0 aliphatic heterocycles. The van der Waals surface area contributed by atoms with Crippen LogP contribution in [0.3, 0.4) is 0 Å². The number of nitrogens with one attached hydrogen (secondary N) is 1. The number of carbonyl (C=O) groups is 1. The molecule has 0 bridgehead atoms. The summed E-state index contributed by atoms with van der Waals surface area (Å²) in [5, 5.41) is 15.6. The fraction of sp³-hybridized carbons (Fsp3) is 0.400. The summed E-state index contributed by atoms with van der Waals surface area (Å²) in [5.41, 5.74) is 0.986. The Labute approximate surface area is 122 Å². The highest BCUT2D eigenvalue weighted by Crippen LogP contribution is 2.31. The van der Waals surface area contributed by atoms with Gasteiger partial charge in [0.05, 0.1) is 0 Å². The van der Waals surface area contributed by atoms with Crippen molar-refractivity contribution in [2.45, 2.75) is 25.8 Å². The molecule has 0 unspecified atom stereocenters. The highest BCUT2D eigenvalue weighted by atomic mass is 16.4. The zero-order chi connectivity index (χ0) is 14.7. The van der Waals surface area contributed by atoms with Gasteiger partial charge in [0.1, 0.15) is 5.82 Å². The SMILES string of the molecule is O=C(O)NCCc1nc(-c2ccccc2)nn1CC1CC1. The Morgan fingerprint density at radius 3 is 2.76 bits per heavy atom. The highest BCUT2D eigenvalue weighted by molar-refractivity contribution is 5.64. The van der Waals surface area contributed by atoms with Gasteiger partial charge in [-0.15, -0.1) is 0 Å². The van der Waals surface area contributed by atoms with Gasteiger partial charge < -0.3 is 10.4 Å². The first-order valence-corrected chi connectivity index (χ1v) is 7.18. The Hall–Kier alpha value is -2.37. The molecule has 1 aliphatic rings. The summed E-state index contributed by atoms with van der Waals surface area (Å²) < 4.78 is 1.93. The standard InChI is InChI=1S/C15H18N4O2/c20-15(21)16-9-8-13-17-14(12-4-2-1-3-5-12)18-19(13)10-11-6-7-11/h1-5,11,16H,6-10H2,(H,20,21). The molecule has 1 aromatic heterocycles. The molecular formula is C15H18N4O2. The predicted molar refractivity (Wildman–Crippen MR) is 77.9 cm³/mol. The summed E-state index contributed by atoms with van der Waals surface area (Å²) in [6.45, 7) is 1.23. The fourth-order valence-corrected chi connectivity index (χ4v) is 2.24. The number of hydrogen-bond acceptors (Lipinski definition) is 3. The summed E-state index contributed by atoms with van der Waals surface area (Å²) in [6, 6.07) is 9.85. The molecule has 1 amide bonds. The molecule has 0 spiro atoms. The van der Waals surface area contributed by atoms with Gasteiger partial charge in [0.15, 0.2) is 5.82 Å². The molecule has 3 rings (SSSR count). The van der Waals surface area contributed by atoms with Crippen LogP contribution in [-0.4, -0.2) is 32.5 Å². The van der Waals surface area contributed by atoms with Crippen LogP contribution in [-0.2, 0) is 13.0 Å². The third-order valence-electron chi connectivity index (χ3n) is 3.53. The lowest BCUT2D eigenvalue weighted by Crippen LogP contribution is -2.24. The van der Waals surface area contributed by atoms with E-state index in [1.807, 2.05) is 35.0 Å². The van der Waals surface area contributed by atoms with Gasteiger partial charge in [-0.1, -0.05) is 30.3 Å². The lowest BCUT2D eigenvalue weighted by atomic mass is 10.2. The summed E-state index contributed by atoms with van der Waals surface area (Å²) in [7, 11) is 0. The average molecular weight is 286 g/mol. The van der Waals surface area contributed by atoms with E-state index in [4.69, 9.17) is 5.11 Å². The van der Waals surface area contributed by atoms with E-state index in [-0.39, 0.29) is 0 Å². The quantitative estimate of drug-likeness (QED) is 0.852. The van der Waals surface area contributed by atoms with Crippen LogP contribution in [0.5, 0.6) is 0 Å². The number of amides is 1.